The third-order valence-corrected chi connectivity index (χ3v) is 3.70. The van der Waals surface area contributed by atoms with Gasteiger partial charge in [-0.2, -0.15) is 5.10 Å². The quantitative estimate of drug-likeness (QED) is 0.777. The van der Waals surface area contributed by atoms with Gasteiger partial charge in [-0.15, -0.1) is 0 Å². The summed E-state index contributed by atoms with van der Waals surface area (Å²) < 4.78 is 6.66. The highest BCUT2D eigenvalue weighted by Gasteiger charge is 2.17. The lowest BCUT2D eigenvalue weighted by atomic mass is 10.1. The van der Waals surface area contributed by atoms with Gasteiger partial charge in [0, 0.05) is 0 Å². The topological polar surface area (TPSA) is 94.0 Å². The van der Waals surface area contributed by atoms with E-state index in [4.69, 9.17) is 4.42 Å². The Bertz CT molecular complexity index is 865. The van der Waals surface area contributed by atoms with Gasteiger partial charge < -0.3 is 9.52 Å². The summed E-state index contributed by atoms with van der Waals surface area (Å²) in [6.07, 6.45) is 8.68. The van der Waals surface area contributed by atoms with Crippen LogP contribution in [0.5, 0.6) is 0 Å². The maximum absolute atomic E-state index is 11.5. The van der Waals surface area contributed by atoms with Crippen molar-refractivity contribution in [3.63, 3.8) is 0 Å². The molecular weight excluding hydrogens is 296 g/mol. The predicted octanol–water partition coefficient (Wildman–Crippen LogP) is 3.26. The second-order valence-corrected chi connectivity index (χ2v) is 5.23. The van der Waals surface area contributed by atoms with Crippen molar-refractivity contribution in [1.29, 1.82) is 0 Å². The molecule has 3 rings (SSSR count). The van der Waals surface area contributed by atoms with Gasteiger partial charge in [-0.05, 0) is 31.6 Å². The second-order valence-electron chi connectivity index (χ2n) is 5.23. The van der Waals surface area contributed by atoms with Gasteiger partial charge in [0.05, 0.1) is 28.9 Å². The number of carboxylic acids is 1. The molecule has 0 saturated carbocycles. The van der Waals surface area contributed by atoms with E-state index in [1.165, 1.54) is 18.7 Å². The van der Waals surface area contributed by atoms with Gasteiger partial charge in [-0.25, -0.2) is 19.4 Å². The van der Waals surface area contributed by atoms with Crippen molar-refractivity contribution < 1.29 is 14.3 Å². The minimum Gasteiger partial charge on any atom is -0.478 e. The van der Waals surface area contributed by atoms with Crippen LogP contribution in [0.2, 0.25) is 0 Å². The third-order valence-electron chi connectivity index (χ3n) is 3.70. The number of hydrogen-bond acceptors (Lipinski definition) is 5. The monoisotopic (exact) mass is 312 g/mol. The lowest BCUT2D eigenvalue weighted by Gasteiger charge is -2.10. The fraction of sp³-hybridized carbons (Fsp3) is 0.250. The summed E-state index contributed by atoms with van der Waals surface area (Å²) in [4.78, 5) is 20.1. The van der Waals surface area contributed by atoms with Crippen LogP contribution in [-0.2, 0) is 0 Å². The number of hydrogen-bond donors (Lipinski definition) is 1. The van der Waals surface area contributed by atoms with Gasteiger partial charge in [0.2, 0.25) is 0 Å². The standard InChI is InChI=1S/C16H16N4O3/c1-3-10(2)20-15-14(7-18-20)13(16(21)22)6-11(19-15)4-5-12-8-23-9-17-12/h4-10H,3H2,1-2H3,(H,21,22). The molecule has 0 radical (unpaired) electrons. The van der Waals surface area contributed by atoms with Gasteiger partial charge in [0.1, 0.15) is 12.0 Å². The maximum Gasteiger partial charge on any atom is 0.336 e. The number of fused-ring (bicyclic) bond motifs is 1. The molecule has 0 saturated heterocycles. The van der Waals surface area contributed by atoms with Gasteiger partial charge in [-0.1, -0.05) is 6.92 Å². The van der Waals surface area contributed by atoms with Crippen molar-refractivity contribution in [1.82, 2.24) is 19.7 Å². The van der Waals surface area contributed by atoms with Crippen LogP contribution in [0.15, 0.2) is 29.3 Å². The number of rotatable bonds is 5. The molecule has 1 N–H and O–H groups in total. The lowest BCUT2D eigenvalue weighted by molar-refractivity contribution is 0.0699. The number of pyridine rings is 1. The molecule has 3 aromatic heterocycles. The summed E-state index contributed by atoms with van der Waals surface area (Å²) in [7, 11) is 0. The minimum absolute atomic E-state index is 0.136. The zero-order chi connectivity index (χ0) is 16.4. The minimum atomic E-state index is -1.00. The summed E-state index contributed by atoms with van der Waals surface area (Å²) in [5.41, 5.74) is 1.92. The Hall–Kier alpha value is -2.96. The average Bonchev–Trinajstić information content (AvgIpc) is 3.20. The Morgan fingerprint density at radius 3 is 2.87 bits per heavy atom. The molecule has 0 bridgehead atoms. The second kappa shape index (κ2) is 6.04. The van der Waals surface area contributed by atoms with Gasteiger partial charge >= 0.3 is 5.97 Å². The highest BCUT2D eigenvalue weighted by Crippen LogP contribution is 2.23. The Kier molecular flexibility index (Phi) is 3.92. The average molecular weight is 312 g/mol. The first-order valence-electron chi connectivity index (χ1n) is 7.28. The number of carbonyl (C=O) groups is 1. The van der Waals surface area contributed by atoms with E-state index < -0.39 is 5.97 Å². The fourth-order valence-electron chi connectivity index (χ4n) is 2.27. The third kappa shape index (κ3) is 2.85. The van der Waals surface area contributed by atoms with Crippen LogP contribution in [0.25, 0.3) is 23.2 Å². The highest BCUT2D eigenvalue weighted by molar-refractivity contribution is 6.02. The molecule has 3 aromatic rings. The molecule has 0 spiro atoms. The molecule has 1 unspecified atom stereocenters. The molecule has 0 aliphatic rings. The van der Waals surface area contributed by atoms with Crippen LogP contribution in [0.3, 0.4) is 0 Å². The van der Waals surface area contributed by atoms with Crippen molar-refractivity contribution in [3.8, 4) is 0 Å². The first kappa shape index (κ1) is 15.0. The Balaban J connectivity index is 2.13. The zero-order valence-electron chi connectivity index (χ0n) is 12.8. The molecule has 1 atom stereocenters. The Labute approximate surface area is 132 Å². The lowest BCUT2D eigenvalue weighted by Crippen LogP contribution is -2.07. The van der Waals surface area contributed by atoms with Crippen LogP contribution in [0.1, 0.15) is 48.1 Å². The summed E-state index contributed by atoms with van der Waals surface area (Å²) >= 11 is 0. The normalized spacial score (nSPS) is 13.0. The Morgan fingerprint density at radius 1 is 1.43 bits per heavy atom. The first-order valence-corrected chi connectivity index (χ1v) is 7.28. The molecule has 0 aliphatic heterocycles. The molecule has 0 fully saturated rings. The van der Waals surface area contributed by atoms with E-state index in [-0.39, 0.29) is 11.6 Å². The van der Waals surface area contributed by atoms with Crippen LogP contribution >= 0.6 is 0 Å². The van der Waals surface area contributed by atoms with E-state index in [0.29, 0.717) is 22.4 Å². The van der Waals surface area contributed by atoms with Crippen LogP contribution in [0.4, 0.5) is 0 Å². The van der Waals surface area contributed by atoms with Gasteiger partial charge in [-0.3, -0.25) is 0 Å². The van der Waals surface area contributed by atoms with Gasteiger partial charge in [0.15, 0.2) is 12.0 Å². The molecule has 118 valence electrons. The van der Waals surface area contributed by atoms with E-state index >= 15 is 0 Å². The van der Waals surface area contributed by atoms with E-state index in [1.54, 1.807) is 23.0 Å². The number of oxazole rings is 1. The van der Waals surface area contributed by atoms with E-state index in [1.807, 2.05) is 13.8 Å². The summed E-state index contributed by atoms with van der Waals surface area (Å²) in [6.45, 7) is 4.07. The smallest absolute Gasteiger partial charge is 0.336 e. The summed E-state index contributed by atoms with van der Waals surface area (Å²) in [6, 6.07) is 1.67. The van der Waals surface area contributed by atoms with Crippen LogP contribution in [-0.4, -0.2) is 30.8 Å². The molecule has 23 heavy (non-hydrogen) atoms. The molecule has 0 amide bonds. The molecule has 3 heterocycles. The van der Waals surface area contributed by atoms with Crippen molar-refractivity contribution in [3.05, 3.63) is 41.9 Å². The zero-order valence-corrected chi connectivity index (χ0v) is 12.8. The van der Waals surface area contributed by atoms with E-state index in [0.717, 1.165) is 6.42 Å². The summed E-state index contributed by atoms with van der Waals surface area (Å²) in [5.74, 6) is -1.00. The van der Waals surface area contributed by atoms with Gasteiger partial charge in [0.25, 0.3) is 0 Å². The largest absolute Gasteiger partial charge is 0.478 e. The van der Waals surface area contributed by atoms with Crippen LogP contribution < -0.4 is 0 Å². The molecular formula is C16H16N4O3. The van der Waals surface area contributed by atoms with E-state index in [2.05, 4.69) is 15.1 Å². The van der Waals surface area contributed by atoms with Crippen molar-refractivity contribution in [2.24, 2.45) is 0 Å². The SMILES string of the molecule is CCC(C)n1ncc2c(C(=O)O)cc(C=Cc3cocn3)nc21. The highest BCUT2D eigenvalue weighted by atomic mass is 16.4. The molecule has 0 aromatic carbocycles. The van der Waals surface area contributed by atoms with Crippen LogP contribution in [0, 0.1) is 0 Å². The molecule has 7 heteroatoms. The van der Waals surface area contributed by atoms with Crippen molar-refractivity contribution in [2.45, 2.75) is 26.3 Å². The first-order chi connectivity index (χ1) is 11.1. The number of carboxylic acid groups (broad SMARTS) is 1. The number of nitrogens with zero attached hydrogens (tertiary/aromatic N) is 4. The fourth-order valence-corrected chi connectivity index (χ4v) is 2.27. The Morgan fingerprint density at radius 2 is 2.22 bits per heavy atom. The molecule has 7 nitrogen and oxygen atoms in total. The number of aromatic carboxylic acids is 1. The number of aromatic nitrogens is 4. The van der Waals surface area contributed by atoms with E-state index in [9.17, 15) is 9.90 Å². The van der Waals surface area contributed by atoms with Crippen molar-refractivity contribution >= 4 is 29.2 Å². The molecule has 0 aliphatic carbocycles. The summed E-state index contributed by atoms with van der Waals surface area (Å²) in [5, 5.41) is 14.3. The predicted molar refractivity (Wildman–Crippen MR) is 84.9 cm³/mol. The van der Waals surface area contributed by atoms with Crippen molar-refractivity contribution in [2.75, 3.05) is 0 Å². The maximum atomic E-state index is 11.5.